The largest absolute Gasteiger partial charge is 0.545 e. The molecule has 0 atom stereocenters. The first-order valence-corrected chi connectivity index (χ1v) is 8.66. The van der Waals surface area contributed by atoms with E-state index in [-0.39, 0.29) is 5.56 Å². The zero-order chi connectivity index (χ0) is 17.7. The van der Waals surface area contributed by atoms with Gasteiger partial charge in [0, 0.05) is 10.9 Å². The monoisotopic (exact) mass is 347 g/mol. The standard InChI is InChI=1S/C20H17N3O3/c24-19(25)15-13-18-17-7-3-4-8-22(17)20(21-9-11-26-12-10-21)23(18)16-6-2-1-5-14(15)16/h1-8,13H,9-12H2. The Morgan fingerprint density at radius 1 is 1.04 bits per heavy atom. The van der Waals surface area contributed by atoms with Crippen molar-refractivity contribution < 1.29 is 19.0 Å². The number of fused-ring (bicyclic) bond motifs is 5. The van der Waals surface area contributed by atoms with E-state index in [9.17, 15) is 9.90 Å². The van der Waals surface area contributed by atoms with Crippen LogP contribution in [0.2, 0.25) is 0 Å². The first-order valence-electron chi connectivity index (χ1n) is 8.66. The lowest BCUT2D eigenvalue weighted by molar-refractivity contribution is -0.497. The van der Waals surface area contributed by atoms with Crippen molar-refractivity contribution in [2.45, 2.75) is 0 Å². The molecule has 6 nitrogen and oxygen atoms in total. The van der Waals surface area contributed by atoms with Gasteiger partial charge in [-0.3, -0.25) is 4.90 Å². The van der Waals surface area contributed by atoms with Crippen LogP contribution in [0.15, 0.2) is 54.7 Å². The van der Waals surface area contributed by atoms with Crippen LogP contribution in [0.3, 0.4) is 0 Å². The normalized spacial score (nSPS) is 15.2. The minimum absolute atomic E-state index is 0.213. The lowest BCUT2D eigenvalue weighted by Gasteiger charge is -2.22. The van der Waals surface area contributed by atoms with Crippen LogP contribution in [0.4, 0.5) is 5.95 Å². The fourth-order valence-electron chi connectivity index (χ4n) is 3.87. The van der Waals surface area contributed by atoms with Crippen molar-refractivity contribution in [3.8, 4) is 0 Å². The summed E-state index contributed by atoms with van der Waals surface area (Å²) in [5.74, 6) is -0.146. The molecule has 5 rings (SSSR count). The third kappa shape index (κ3) is 2.09. The maximum atomic E-state index is 11.7. The Morgan fingerprint density at radius 2 is 1.81 bits per heavy atom. The van der Waals surface area contributed by atoms with Crippen molar-refractivity contribution in [1.82, 2.24) is 4.40 Å². The van der Waals surface area contributed by atoms with Crippen molar-refractivity contribution in [3.05, 3.63) is 60.3 Å². The van der Waals surface area contributed by atoms with E-state index in [1.807, 2.05) is 48.7 Å². The molecule has 0 saturated carbocycles. The molecule has 0 bridgehead atoms. The molecule has 4 heterocycles. The van der Waals surface area contributed by atoms with Crippen LogP contribution >= 0.6 is 0 Å². The van der Waals surface area contributed by atoms with Gasteiger partial charge in [-0.15, -0.1) is 0 Å². The van der Waals surface area contributed by atoms with Crippen LogP contribution in [0.1, 0.15) is 10.4 Å². The van der Waals surface area contributed by atoms with Crippen LogP contribution < -0.4 is 14.4 Å². The number of anilines is 1. The lowest BCUT2D eigenvalue weighted by atomic mass is 10.1. The topological polar surface area (TPSA) is 61.1 Å². The minimum Gasteiger partial charge on any atom is -0.545 e. The van der Waals surface area contributed by atoms with Crippen molar-refractivity contribution >= 4 is 33.9 Å². The van der Waals surface area contributed by atoms with Gasteiger partial charge in [-0.1, -0.05) is 24.3 Å². The van der Waals surface area contributed by atoms with Gasteiger partial charge in [0.15, 0.2) is 0 Å². The third-order valence-electron chi connectivity index (χ3n) is 5.01. The number of carbonyl (C=O) groups is 1. The zero-order valence-corrected chi connectivity index (χ0v) is 14.1. The van der Waals surface area contributed by atoms with Gasteiger partial charge in [0.05, 0.1) is 38.5 Å². The Morgan fingerprint density at radius 3 is 2.62 bits per heavy atom. The average molecular weight is 347 g/mol. The molecular formula is C20H17N3O3. The summed E-state index contributed by atoms with van der Waals surface area (Å²) in [6.07, 6.45) is 2.01. The number of pyridine rings is 2. The minimum atomic E-state index is -1.16. The molecule has 0 aliphatic carbocycles. The number of para-hydroxylation sites is 1. The Hall–Kier alpha value is -3.12. The molecule has 1 aliphatic rings. The number of hydrogen-bond acceptors (Lipinski definition) is 4. The van der Waals surface area contributed by atoms with Gasteiger partial charge in [0.2, 0.25) is 0 Å². The van der Waals surface area contributed by atoms with Crippen molar-refractivity contribution in [1.29, 1.82) is 0 Å². The zero-order valence-electron chi connectivity index (χ0n) is 14.1. The Balaban J connectivity index is 1.99. The predicted octanol–water partition coefficient (Wildman–Crippen LogP) is 1.03. The summed E-state index contributed by atoms with van der Waals surface area (Å²) in [6.45, 7) is 2.94. The highest BCUT2D eigenvalue weighted by Crippen LogP contribution is 2.28. The van der Waals surface area contributed by atoms with Crippen LogP contribution in [0, 0.1) is 0 Å². The van der Waals surface area contributed by atoms with Gasteiger partial charge in [0.1, 0.15) is 16.6 Å². The summed E-state index contributed by atoms with van der Waals surface area (Å²) in [4.78, 5) is 14.0. The molecule has 6 heteroatoms. The molecule has 130 valence electrons. The number of aromatic carboxylic acids is 1. The number of carboxylic acids is 1. The number of aromatic nitrogens is 2. The second-order valence-electron chi connectivity index (χ2n) is 6.44. The summed E-state index contributed by atoms with van der Waals surface area (Å²) in [6, 6.07) is 15.2. The number of rotatable bonds is 2. The van der Waals surface area contributed by atoms with Crippen molar-refractivity contribution in [3.63, 3.8) is 0 Å². The van der Waals surface area contributed by atoms with E-state index in [2.05, 4.69) is 13.7 Å². The first-order chi connectivity index (χ1) is 12.8. The number of hydrogen-bond donors (Lipinski definition) is 0. The second kappa shape index (κ2) is 5.71. The number of morpholine rings is 1. The van der Waals surface area contributed by atoms with Gasteiger partial charge in [0.25, 0.3) is 0 Å². The number of carbonyl (C=O) groups excluding carboxylic acids is 1. The molecule has 3 aromatic heterocycles. The van der Waals surface area contributed by atoms with Crippen molar-refractivity contribution in [2.75, 3.05) is 31.2 Å². The summed E-state index contributed by atoms with van der Waals surface area (Å²) in [5, 5.41) is 12.4. The maximum Gasteiger partial charge on any atom is 0.370 e. The number of ether oxygens (including phenoxy) is 1. The van der Waals surface area contributed by atoms with Crippen LogP contribution in [-0.4, -0.2) is 36.7 Å². The van der Waals surface area contributed by atoms with Gasteiger partial charge in [-0.05, 0) is 24.3 Å². The van der Waals surface area contributed by atoms with E-state index in [4.69, 9.17) is 4.74 Å². The van der Waals surface area contributed by atoms with Crippen LogP contribution in [0.25, 0.3) is 21.9 Å². The van der Waals surface area contributed by atoms with Gasteiger partial charge in [-0.25, -0.2) is 4.40 Å². The highest BCUT2D eigenvalue weighted by molar-refractivity contribution is 6.05. The molecule has 1 saturated heterocycles. The summed E-state index contributed by atoms with van der Waals surface area (Å²) >= 11 is 0. The number of nitrogens with zero attached hydrogens (tertiary/aromatic N) is 3. The van der Waals surface area contributed by atoms with Crippen LogP contribution in [-0.2, 0) is 4.74 Å². The van der Waals surface area contributed by atoms with E-state index in [1.165, 1.54) is 0 Å². The maximum absolute atomic E-state index is 11.7. The molecule has 0 unspecified atom stereocenters. The smallest absolute Gasteiger partial charge is 0.370 e. The van der Waals surface area contributed by atoms with Gasteiger partial charge in [-0.2, -0.15) is 4.40 Å². The molecule has 0 radical (unpaired) electrons. The molecule has 0 N–H and O–H groups in total. The van der Waals surface area contributed by atoms with Crippen LogP contribution in [0.5, 0.6) is 0 Å². The number of carboxylic acid groups (broad SMARTS) is 1. The van der Waals surface area contributed by atoms with Gasteiger partial charge < -0.3 is 14.6 Å². The molecule has 0 spiro atoms. The van der Waals surface area contributed by atoms with E-state index in [1.54, 1.807) is 6.07 Å². The highest BCUT2D eigenvalue weighted by Gasteiger charge is 2.29. The first kappa shape index (κ1) is 15.2. The Bertz CT molecular complexity index is 1160. The third-order valence-corrected chi connectivity index (χ3v) is 5.01. The highest BCUT2D eigenvalue weighted by atomic mass is 16.5. The molecule has 1 aliphatic heterocycles. The molecule has 26 heavy (non-hydrogen) atoms. The molecule has 1 fully saturated rings. The summed E-state index contributed by atoms with van der Waals surface area (Å²) in [5.41, 5.74) is 2.88. The molecule has 1 aromatic carbocycles. The second-order valence-corrected chi connectivity index (χ2v) is 6.44. The SMILES string of the molecule is O=C([O-])c1cc2c3cccc[n+]3c(N3CCOCC3)n2c2ccccc12. The average Bonchev–Trinajstić information content (AvgIpc) is 3.02. The molecule has 4 aromatic rings. The summed E-state index contributed by atoms with van der Waals surface area (Å²) in [7, 11) is 0. The fraction of sp³-hybridized carbons (Fsp3) is 0.200. The number of benzene rings is 1. The van der Waals surface area contributed by atoms with Crippen molar-refractivity contribution in [2.24, 2.45) is 0 Å². The Kier molecular flexibility index (Phi) is 3.33. The molecular weight excluding hydrogens is 330 g/mol. The summed E-state index contributed by atoms with van der Waals surface area (Å²) < 4.78 is 9.77. The van der Waals surface area contributed by atoms with Gasteiger partial charge >= 0.3 is 5.95 Å². The molecule has 0 amide bonds. The fourth-order valence-corrected chi connectivity index (χ4v) is 3.87. The Labute approximate surface area is 149 Å². The van der Waals surface area contributed by atoms with E-state index < -0.39 is 5.97 Å². The van der Waals surface area contributed by atoms with E-state index in [0.717, 1.165) is 35.6 Å². The lowest BCUT2D eigenvalue weighted by Crippen LogP contribution is -2.42. The van der Waals surface area contributed by atoms with E-state index >= 15 is 0 Å². The number of imidazole rings is 1. The predicted molar refractivity (Wildman–Crippen MR) is 95.4 cm³/mol. The van der Waals surface area contributed by atoms with E-state index in [0.29, 0.717) is 18.6 Å². The quantitative estimate of drug-likeness (QED) is 0.508.